The largest absolute Gasteiger partial charge is 0.496 e. The van der Waals surface area contributed by atoms with E-state index < -0.39 is 10.8 Å². The molecule has 0 bridgehead atoms. The maximum absolute atomic E-state index is 12.2. The molecule has 4 heteroatoms. The van der Waals surface area contributed by atoms with Crippen LogP contribution in [0.1, 0.15) is 44.2 Å². The van der Waals surface area contributed by atoms with E-state index in [1.165, 1.54) is 18.4 Å². The molecule has 0 radical (unpaired) electrons. The maximum Gasteiger partial charge on any atom is 0.123 e. The summed E-state index contributed by atoms with van der Waals surface area (Å²) in [6.45, 7) is 5.23. The minimum atomic E-state index is -0.813. The van der Waals surface area contributed by atoms with E-state index in [-0.39, 0.29) is 0 Å². The van der Waals surface area contributed by atoms with Crippen LogP contribution >= 0.6 is 0 Å². The van der Waals surface area contributed by atoms with Crippen molar-refractivity contribution in [2.45, 2.75) is 51.4 Å². The van der Waals surface area contributed by atoms with Gasteiger partial charge in [-0.15, -0.1) is 0 Å². The minimum Gasteiger partial charge on any atom is -0.496 e. The van der Waals surface area contributed by atoms with Crippen LogP contribution in [0.2, 0.25) is 0 Å². The highest BCUT2D eigenvalue weighted by Crippen LogP contribution is 2.23. The summed E-state index contributed by atoms with van der Waals surface area (Å²) in [5, 5.41) is 3.51. The molecule has 21 heavy (non-hydrogen) atoms. The summed E-state index contributed by atoms with van der Waals surface area (Å²) in [7, 11) is 0.866. The number of rotatable bonds is 9. The summed E-state index contributed by atoms with van der Waals surface area (Å²) in [4.78, 5) is 0. The smallest absolute Gasteiger partial charge is 0.123 e. The molecule has 0 aliphatic heterocycles. The number of hydrogen-bond donors (Lipinski definition) is 1. The fourth-order valence-corrected chi connectivity index (χ4v) is 3.67. The third-order valence-electron chi connectivity index (χ3n) is 3.76. The number of nitrogens with one attached hydrogen (secondary N) is 1. The van der Waals surface area contributed by atoms with Gasteiger partial charge in [-0.25, -0.2) is 0 Å². The van der Waals surface area contributed by atoms with Crippen molar-refractivity contribution < 1.29 is 8.95 Å². The van der Waals surface area contributed by atoms with E-state index in [0.717, 1.165) is 30.0 Å². The monoisotopic (exact) mass is 309 g/mol. The van der Waals surface area contributed by atoms with Crippen molar-refractivity contribution in [3.05, 3.63) is 29.3 Å². The van der Waals surface area contributed by atoms with Crippen LogP contribution < -0.4 is 10.1 Å². The molecular weight excluding hydrogens is 282 g/mol. The highest BCUT2D eigenvalue weighted by molar-refractivity contribution is 7.84. The Hall–Kier alpha value is -0.870. The molecule has 1 atom stereocenters. The molecule has 1 saturated carbocycles. The van der Waals surface area contributed by atoms with Crippen molar-refractivity contribution in [2.24, 2.45) is 5.92 Å². The molecule has 1 aromatic rings. The molecular formula is C17H27NO2S. The van der Waals surface area contributed by atoms with E-state index in [2.05, 4.69) is 31.3 Å². The average molecular weight is 309 g/mol. The van der Waals surface area contributed by atoms with Crippen LogP contribution in [-0.4, -0.2) is 23.1 Å². The average Bonchev–Trinajstić information content (AvgIpc) is 3.27. The van der Waals surface area contributed by atoms with Gasteiger partial charge in [-0.2, -0.15) is 0 Å². The molecule has 0 aromatic heterocycles. The van der Waals surface area contributed by atoms with Crippen molar-refractivity contribution in [3.63, 3.8) is 0 Å². The van der Waals surface area contributed by atoms with E-state index in [1.807, 2.05) is 6.07 Å². The summed E-state index contributed by atoms with van der Waals surface area (Å²) in [5.41, 5.74) is 2.31. The number of benzene rings is 1. The molecule has 1 aromatic carbocycles. The Labute approximate surface area is 130 Å². The van der Waals surface area contributed by atoms with Crippen LogP contribution in [0.25, 0.3) is 0 Å². The molecule has 0 saturated heterocycles. The van der Waals surface area contributed by atoms with Gasteiger partial charge in [0.25, 0.3) is 0 Å². The Kier molecular flexibility index (Phi) is 6.24. The van der Waals surface area contributed by atoms with E-state index >= 15 is 0 Å². The first-order valence-electron chi connectivity index (χ1n) is 7.82. The van der Waals surface area contributed by atoms with Crippen molar-refractivity contribution in [1.82, 2.24) is 5.32 Å². The lowest BCUT2D eigenvalue weighted by atomic mass is 10.1. The van der Waals surface area contributed by atoms with Crippen molar-refractivity contribution in [2.75, 3.05) is 12.9 Å². The Morgan fingerprint density at radius 3 is 2.76 bits per heavy atom. The van der Waals surface area contributed by atoms with Gasteiger partial charge in [-0.3, -0.25) is 4.21 Å². The van der Waals surface area contributed by atoms with Crippen LogP contribution in [0, 0.1) is 5.92 Å². The van der Waals surface area contributed by atoms with Gasteiger partial charge < -0.3 is 10.1 Å². The molecule has 1 unspecified atom stereocenters. The second-order valence-corrected chi connectivity index (χ2v) is 7.85. The summed E-state index contributed by atoms with van der Waals surface area (Å²) in [5.74, 6) is 2.81. The first-order chi connectivity index (χ1) is 10.1. The van der Waals surface area contributed by atoms with Gasteiger partial charge in [0, 0.05) is 34.7 Å². The summed E-state index contributed by atoms with van der Waals surface area (Å²) >= 11 is 0. The van der Waals surface area contributed by atoms with E-state index in [4.69, 9.17) is 4.74 Å². The zero-order chi connectivity index (χ0) is 15.2. The van der Waals surface area contributed by atoms with E-state index in [9.17, 15) is 4.21 Å². The Bertz CT molecular complexity index is 484. The van der Waals surface area contributed by atoms with Crippen LogP contribution in [0.4, 0.5) is 0 Å². The van der Waals surface area contributed by atoms with Crippen LogP contribution in [0.3, 0.4) is 0 Å². The summed E-state index contributed by atoms with van der Waals surface area (Å²) in [6.07, 6.45) is 3.60. The molecule has 2 rings (SSSR count). The second-order valence-electron chi connectivity index (χ2n) is 6.27. The van der Waals surface area contributed by atoms with E-state index in [1.54, 1.807) is 7.11 Å². The fraction of sp³-hybridized carbons (Fsp3) is 0.647. The first kappa shape index (κ1) is 16.5. The van der Waals surface area contributed by atoms with Gasteiger partial charge in [0.1, 0.15) is 5.75 Å². The zero-order valence-electron chi connectivity index (χ0n) is 13.4. The molecule has 0 amide bonds. The Balaban J connectivity index is 1.96. The molecule has 1 aliphatic carbocycles. The van der Waals surface area contributed by atoms with Crippen LogP contribution in [0.5, 0.6) is 5.75 Å². The third-order valence-corrected chi connectivity index (χ3v) is 5.08. The van der Waals surface area contributed by atoms with Gasteiger partial charge in [-0.1, -0.05) is 19.9 Å². The normalized spacial score (nSPS) is 16.2. The lowest BCUT2D eigenvalue weighted by molar-refractivity contribution is 0.411. The molecule has 1 aliphatic rings. The van der Waals surface area contributed by atoms with Crippen molar-refractivity contribution in [1.29, 1.82) is 0 Å². The Morgan fingerprint density at radius 1 is 1.38 bits per heavy atom. The van der Waals surface area contributed by atoms with Gasteiger partial charge in [-0.05, 0) is 42.9 Å². The minimum absolute atomic E-state index is 0.590. The highest BCUT2D eigenvalue weighted by atomic mass is 32.2. The van der Waals surface area contributed by atoms with Gasteiger partial charge in [0.15, 0.2) is 0 Å². The second kappa shape index (κ2) is 7.95. The van der Waals surface area contributed by atoms with Gasteiger partial charge in [0.2, 0.25) is 0 Å². The molecule has 118 valence electrons. The molecule has 1 N–H and O–H groups in total. The van der Waals surface area contributed by atoms with Crippen molar-refractivity contribution in [3.8, 4) is 5.75 Å². The zero-order valence-corrected chi connectivity index (χ0v) is 14.2. The Morgan fingerprint density at radius 2 is 2.14 bits per heavy atom. The number of ether oxygens (including phenoxy) is 1. The maximum atomic E-state index is 12.2. The predicted molar refractivity (Wildman–Crippen MR) is 89.0 cm³/mol. The molecule has 0 spiro atoms. The third kappa shape index (κ3) is 5.79. The van der Waals surface area contributed by atoms with Gasteiger partial charge in [0.05, 0.1) is 12.9 Å². The SMILES string of the molecule is COc1ccc(CNC2CC2)cc1CS(=O)CCC(C)C. The first-order valence-corrected chi connectivity index (χ1v) is 9.31. The standard InChI is InChI=1S/C17H27NO2S/c1-13(2)8-9-21(19)12-15-10-14(4-7-17(15)20-3)11-18-16-5-6-16/h4,7,10,13,16,18H,5-6,8-9,11-12H2,1-3H3. The van der Waals surface area contributed by atoms with E-state index in [0.29, 0.717) is 17.7 Å². The molecule has 0 heterocycles. The summed E-state index contributed by atoms with van der Waals surface area (Å²) < 4.78 is 17.6. The van der Waals surface area contributed by atoms with Crippen LogP contribution in [-0.2, 0) is 23.1 Å². The highest BCUT2D eigenvalue weighted by Gasteiger charge is 2.20. The van der Waals surface area contributed by atoms with Crippen LogP contribution in [0.15, 0.2) is 18.2 Å². The quantitative estimate of drug-likeness (QED) is 0.761. The number of methoxy groups -OCH3 is 1. The predicted octanol–water partition coefficient (Wildman–Crippen LogP) is 3.24. The van der Waals surface area contributed by atoms with Crippen molar-refractivity contribution >= 4 is 10.8 Å². The lowest BCUT2D eigenvalue weighted by Crippen LogP contribution is -2.15. The topological polar surface area (TPSA) is 38.3 Å². The molecule has 3 nitrogen and oxygen atoms in total. The molecule has 1 fully saturated rings. The number of hydrogen-bond acceptors (Lipinski definition) is 3. The lowest BCUT2D eigenvalue weighted by Gasteiger charge is -2.12. The van der Waals surface area contributed by atoms with Gasteiger partial charge >= 0.3 is 0 Å². The summed E-state index contributed by atoms with van der Waals surface area (Å²) in [6, 6.07) is 6.94. The fourth-order valence-electron chi connectivity index (χ4n) is 2.22.